The predicted molar refractivity (Wildman–Crippen MR) is 147 cm³/mol. The average molecular weight is 540 g/mol. The third-order valence-corrected chi connectivity index (χ3v) is 8.08. The molecule has 2 aromatic carbocycles. The number of hydrogen-bond donors (Lipinski definition) is 1. The lowest BCUT2D eigenvalue weighted by Crippen LogP contribution is -2.57. The van der Waals surface area contributed by atoms with Gasteiger partial charge >= 0.3 is 5.97 Å². The van der Waals surface area contributed by atoms with Crippen LogP contribution in [0.5, 0.6) is 0 Å². The molecule has 2 heterocycles. The van der Waals surface area contributed by atoms with E-state index in [0.717, 1.165) is 24.0 Å². The molecule has 1 saturated heterocycles. The molecule has 37 heavy (non-hydrogen) atoms. The van der Waals surface area contributed by atoms with Crippen LogP contribution < -0.4 is 0 Å². The quantitative estimate of drug-likeness (QED) is 0.328. The fraction of sp³-hybridized carbons (Fsp3) is 0.367. The van der Waals surface area contributed by atoms with Gasteiger partial charge in [-0.25, -0.2) is 0 Å². The lowest BCUT2D eigenvalue weighted by molar-refractivity contribution is -0.149. The van der Waals surface area contributed by atoms with Gasteiger partial charge in [0.15, 0.2) is 0 Å². The first kappa shape index (κ1) is 27.2. The van der Waals surface area contributed by atoms with E-state index in [-0.39, 0.29) is 30.3 Å². The van der Waals surface area contributed by atoms with Gasteiger partial charge in [0.1, 0.15) is 0 Å². The zero-order valence-electron chi connectivity index (χ0n) is 21.3. The van der Waals surface area contributed by atoms with Crippen molar-refractivity contribution in [1.29, 1.82) is 0 Å². The molecule has 3 unspecified atom stereocenters. The lowest BCUT2D eigenvalue weighted by Gasteiger charge is -2.52. The average Bonchev–Trinajstić information content (AvgIpc) is 2.87. The van der Waals surface area contributed by atoms with Gasteiger partial charge < -0.3 is 10.0 Å². The smallest absolute Gasteiger partial charge is 0.307 e. The monoisotopic (exact) mass is 538 g/mol. The van der Waals surface area contributed by atoms with Crippen molar-refractivity contribution in [3.05, 3.63) is 99.3 Å². The standard InChI is InChI=1S/C30H32Cl2N2O3/c1-4-24(5-2)34-27(19-11-13-22(31)14-12-19)25(20-8-6-10-23(32)16-20)18-30(3,29(34)37)28-21(17-26(35)36)9-7-15-33-28/h6-16,24-25,27H,4-5,17-18H2,1-3H3,(H,35,36). The van der Waals surface area contributed by atoms with Crippen molar-refractivity contribution < 1.29 is 14.7 Å². The molecule has 0 aliphatic carbocycles. The van der Waals surface area contributed by atoms with Crippen LogP contribution in [-0.4, -0.2) is 32.9 Å². The second kappa shape index (κ2) is 11.2. The van der Waals surface area contributed by atoms with Gasteiger partial charge in [0.25, 0.3) is 0 Å². The number of benzene rings is 2. The van der Waals surface area contributed by atoms with Gasteiger partial charge in [-0.15, -0.1) is 0 Å². The molecular formula is C30H32Cl2N2O3. The van der Waals surface area contributed by atoms with Crippen LogP contribution in [0.3, 0.4) is 0 Å². The van der Waals surface area contributed by atoms with Crippen molar-refractivity contribution in [3.63, 3.8) is 0 Å². The molecule has 1 aromatic heterocycles. The molecule has 194 valence electrons. The molecule has 3 aromatic rings. The van der Waals surface area contributed by atoms with Crippen LogP contribution in [0, 0.1) is 0 Å². The molecule has 1 aliphatic rings. The maximum Gasteiger partial charge on any atom is 0.307 e. The molecule has 5 nitrogen and oxygen atoms in total. The highest BCUT2D eigenvalue weighted by Crippen LogP contribution is 2.52. The van der Waals surface area contributed by atoms with Gasteiger partial charge in [-0.05, 0) is 73.2 Å². The molecule has 1 amide bonds. The molecule has 0 saturated carbocycles. The summed E-state index contributed by atoms with van der Waals surface area (Å²) in [5.41, 5.74) is 2.09. The Bertz CT molecular complexity index is 1280. The van der Waals surface area contributed by atoms with Gasteiger partial charge in [-0.3, -0.25) is 14.6 Å². The number of aromatic nitrogens is 1. The molecule has 4 rings (SSSR count). The first-order chi connectivity index (χ1) is 17.7. The summed E-state index contributed by atoms with van der Waals surface area (Å²) in [5, 5.41) is 10.8. The van der Waals surface area contributed by atoms with Crippen molar-refractivity contribution >= 4 is 35.1 Å². The van der Waals surface area contributed by atoms with Crippen molar-refractivity contribution in [1.82, 2.24) is 9.88 Å². The van der Waals surface area contributed by atoms with Gasteiger partial charge in [0.05, 0.1) is 23.6 Å². The number of carboxylic acids is 1. The normalized spacial score (nSPS) is 21.9. The van der Waals surface area contributed by atoms with E-state index in [0.29, 0.717) is 27.7 Å². The zero-order valence-corrected chi connectivity index (χ0v) is 22.8. The Labute approximate surface area is 228 Å². The fourth-order valence-electron chi connectivity index (χ4n) is 5.85. The zero-order chi connectivity index (χ0) is 26.7. The molecule has 0 bridgehead atoms. The van der Waals surface area contributed by atoms with Crippen LogP contribution in [0.2, 0.25) is 10.0 Å². The highest BCUT2D eigenvalue weighted by molar-refractivity contribution is 6.30. The first-order valence-corrected chi connectivity index (χ1v) is 13.4. The number of nitrogens with zero attached hydrogens (tertiary/aromatic N) is 2. The SMILES string of the molecule is CCC(CC)N1C(=O)C(C)(c2ncccc2CC(=O)O)CC(c2cccc(Cl)c2)C1c1ccc(Cl)cc1. The second-order valence-electron chi connectivity index (χ2n) is 9.96. The summed E-state index contributed by atoms with van der Waals surface area (Å²) < 4.78 is 0. The van der Waals surface area contributed by atoms with Crippen LogP contribution >= 0.6 is 23.2 Å². The van der Waals surface area contributed by atoms with Crippen molar-refractivity contribution in [2.24, 2.45) is 0 Å². The van der Waals surface area contributed by atoms with Crippen LogP contribution in [0.15, 0.2) is 66.9 Å². The van der Waals surface area contributed by atoms with E-state index in [9.17, 15) is 14.7 Å². The molecule has 0 radical (unpaired) electrons. The van der Waals surface area contributed by atoms with E-state index in [2.05, 4.69) is 24.9 Å². The number of carboxylic acid groups (broad SMARTS) is 1. The maximum absolute atomic E-state index is 14.6. The minimum atomic E-state index is -1.02. The Morgan fingerprint density at radius 3 is 2.38 bits per heavy atom. The summed E-state index contributed by atoms with van der Waals surface area (Å²) >= 11 is 12.7. The summed E-state index contributed by atoms with van der Waals surface area (Å²) in [5.74, 6) is -1.10. The van der Waals surface area contributed by atoms with Gasteiger partial charge in [0.2, 0.25) is 5.91 Å². The molecular weight excluding hydrogens is 507 g/mol. The Hall–Kier alpha value is -2.89. The highest BCUT2D eigenvalue weighted by Gasteiger charge is 2.53. The number of pyridine rings is 1. The number of amides is 1. The van der Waals surface area contributed by atoms with Crippen LogP contribution in [0.25, 0.3) is 0 Å². The molecule has 1 fully saturated rings. The van der Waals surface area contributed by atoms with Gasteiger partial charge in [-0.1, -0.05) is 67.4 Å². The van der Waals surface area contributed by atoms with E-state index >= 15 is 0 Å². The fourth-order valence-corrected chi connectivity index (χ4v) is 6.17. The minimum Gasteiger partial charge on any atom is -0.481 e. The first-order valence-electron chi connectivity index (χ1n) is 12.7. The third kappa shape index (κ3) is 5.39. The second-order valence-corrected chi connectivity index (χ2v) is 10.8. The minimum absolute atomic E-state index is 0.0128. The topological polar surface area (TPSA) is 70.5 Å². The van der Waals surface area contributed by atoms with Gasteiger partial charge in [0, 0.05) is 28.2 Å². The van der Waals surface area contributed by atoms with E-state index < -0.39 is 11.4 Å². The molecule has 0 spiro atoms. The summed E-state index contributed by atoms with van der Waals surface area (Å²) in [6.07, 6.45) is 3.48. The Kier molecular flexibility index (Phi) is 8.25. The summed E-state index contributed by atoms with van der Waals surface area (Å²) in [7, 11) is 0. The third-order valence-electron chi connectivity index (χ3n) is 7.60. The Morgan fingerprint density at radius 2 is 1.76 bits per heavy atom. The lowest BCUT2D eigenvalue weighted by atomic mass is 9.66. The van der Waals surface area contributed by atoms with Crippen LogP contribution in [0.4, 0.5) is 0 Å². The van der Waals surface area contributed by atoms with E-state index in [1.54, 1.807) is 18.3 Å². The highest BCUT2D eigenvalue weighted by atomic mass is 35.5. The number of piperidine rings is 1. The number of hydrogen-bond acceptors (Lipinski definition) is 3. The number of carbonyl (C=O) groups is 2. The van der Waals surface area contributed by atoms with E-state index in [4.69, 9.17) is 23.2 Å². The maximum atomic E-state index is 14.6. The number of aliphatic carboxylic acids is 1. The Balaban J connectivity index is 1.97. The molecule has 1 aliphatic heterocycles. The van der Waals surface area contributed by atoms with Crippen molar-refractivity contribution in [3.8, 4) is 0 Å². The summed E-state index contributed by atoms with van der Waals surface area (Å²) in [6.45, 7) is 6.10. The predicted octanol–water partition coefficient (Wildman–Crippen LogP) is 7.22. The van der Waals surface area contributed by atoms with Crippen LogP contribution in [-0.2, 0) is 21.4 Å². The molecule has 1 N–H and O–H groups in total. The van der Waals surface area contributed by atoms with E-state index in [1.165, 1.54) is 0 Å². The number of carbonyl (C=O) groups excluding carboxylic acids is 1. The van der Waals surface area contributed by atoms with Crippen molar-refractivity contribution in [2.75, 3.05) is 0 Å². The molecule has 3 atom stereocenters. The van der Waals surface area contributed by atoms with Gasteiger partial charge in [-0.2, -0.15) is 0 Å². The van der Waals surface area contributed by atoms with Crippen LogP contribution in [0.1, 0.15) is 74.4 Å². The number of halogens is 2. The number of likely N-dealkylation sites (tertiary alicyclic amines) is 1. The molecule has 7 heteroatoms. The van der Waals surface area contributed by atoms with Crippen molar-refractivity contribution in [2.45, 2.75) is 69.9 Å². The summed E-state index contributed by atoms with van der Waals surface area (Å²) in [6, 6.07) is 18.7. The summed E-state index contributed by atoms with van der Waals surface area (Å²) in [4.78, 5) is 33.0. The van der Waals surface area contributed by atoms with E-state index in [1.807, 2.05) is 54.3 Å². The largest absolute Gasteiger partial charge is 0.481 e. The number of rotatable bonds is 8. The Morgan fingerprint density at radius 1 is 1.05 bits per heavy atom.